The van der Waals surface area contributed by atoms with E-state index in [2.05, 4.69) is 16.5 Å². The zero-order valence-corrected chi connectivity index (χ0v) is 18.5. The lowest BCUT2D eigenvalue weighted by Gasteiger charge is -2.32. The molecule has 1 amide bonds. The second-order valence-corrected chi connectivity index (χ2v) is 9.63. The van der Waals surface area contributed by atoms with Crippen LogP contribution < -0.4 is 10.9 Å². The molecule has 4 heterocycles. The van der Waals surface area contributed by atoms with E-state index < -0.39 is 0 Å². The molecule has 4 rings (SSSR count). The number of nitrogens with zero attached hydrogens (tertiary/aromatic N) is 4. The van der Waals surface area contributed by atoms with Crippen LogP contribution >= 0.6 is 11.3 Å². The first kappa shape index (κ1) is 21.0. The number of hydrogen-bond donors (Lipinski definition) is 1. The van der Waals surface area contributed by atoms with E-state index in [9.17, 15) is 14.0 Å². The van der Waals surface area contributed by atoms with Gasteiger partial charge in [0.15, 0.2) is 0 Å². The Balaban J connectivity index is 1.60. The number of likely N-dealkylation sites (tertiary alicyclic amines) is 1. The van der Waals surface area contributed by atoms with E-state index in [0.717, 1.165) is 35.4 Å². The summed E-state index contributed by atoms with van der Waals surface area (Å²) in [6.07, 6.45) is 1.79. The van der Waals surface area contributed by atoms with Crippen molar-refractivity contribution in [3.05, 3.63) is 33.2 Å². The van der Waals surface area contributed by atoms with Gasteiger partial charge in [-0.25, -0.2) is 9.07 Å². The molecule has 1 aliphatic rings. The topological polar surface area (TPSA) is 71.6 Å². The third-order valence-electron chi connectivity index (χ3n) is 5.60. The smallest absolute Gasteiger partial charge is 0.291 e. The summed E-state index contributed by atoms with van der Waals surface area (Å²) in [5, 5.41) is 7.56. The van der Waals surface area contributed by atoms with Crippen molar-refractivity contribution in [3.8, 4) is 0 Å². The number of fused-ring (bicyclic) bond motifs is 3. The van der Waals surface area contributed by atoms with Crippen LogP contribution in [0.2, 0.25) is 0 Å². The van der Waals surface area contributed by atoms with Gasteiger partial charge in [0.25, 0.3) is 5.56 Å². The second-order valence-electron chi connectivity index (χ2n) is 8.34. The van der Waals surface area contributed by atoms with Gasteiger partial charge in [-0.15, -0.1) is 11.3 Å². The molecule has 0 aromatic carbocycles. The molecule has 0 saturated carbocycles. The molecule has 9 heteroatoms. The number of halogens is 1. The fourth-order valence-electron chi connectivity index (χ4n) is 4.25. The van der Waals surface area contributed by atoms with Crippen molar-refractivity contribution >= 4 is 33.0 Å². The first-order chi connectivity index (χ1) is 14.4. The van der Waals surface area contributed by atoms with Crippen LogP contribution in [0.4, 0.5) is 4.39 Å². The Kier molecular flexibility index (Phi) is 5.92. The summed E-state index contributed by atoms with van der Waals surface area (Å²) < 4.78 is 16.9. The summed E-state index contributed by atoms with van der Waals surface area (Å²) in [6, 6.07) is 3.94. The zero-order valence-electron chi connectivity index (χ0n) is 17.7. The third-order valence-corrected chi connectivity index (χ3v) is 6.59. The molecule has 7 nitrogen and oxygen atoms in total. The molecular weight excluding hydrogens is 405 g/mol. The molecule has 1 N–H and O–H groups in total. The lowest BCUT2D eigenvalue weighted by atomic mass is 10.1. The van der Waals surface area contributed by atoms with Crippen molar-refractivity contribution in [2.75, 3.05) is 26.3 Å². The quantitative estimate of drug-likeness (QED) is 0.649. The number of hydrogen-bond acceptors (Lipinski definition) is 5. The fraction of sp³-hybridized carbons (Fsp3) is 0.571. The first-order valence-corrected chi connectivity index (χ1v) is 11.3. The van der Waals surface area contributed by atoms with Crippen molar-refractivity contribution in [2.24, 2.45) is 0 Å². The Morgan fingerprint density at radius 2 is 2.17 bits per heavy atom. The van der Waals surface area contributed by atoms with Crippen LogP contribution in [0.25, 0.3) is 15.7 Å². The van der Waals surface area contributed by atoms with E-state index in [-0.39, 0.29) is 36.6 Å². The molecular formula is C21H28FN5O2S. The van der Waals surface area contributed by atoms with Crippen LogP contribution in [0.15, 0.2) is 16.9 Å². The van der Waals surface area contributed by atoms with Gasteiger partial charge in [0.2, 0.25) is 5.91 Å². The summed E-state index contributed by atoms with van der Waals surface area (Å²) in [5.74, 6) is 0.614. The molecule has 3 aromatic rings. The molecule has 0 spiro atoms. The summed E-state index contributed by atoms with van der Waals surface area (Å²) in [5.41, 5.74) is 1.28. The predicted molar refractivity (Wildman–Crippen MR) is 117 cm³/mol. The maximum atomic E-state index is 13.1. The zero-order chi connectivity index (χ0) is 21.4. The fourth-order valence-corrected chi connectivity index (χ4v) is 5.19. The van der Waals surface area contributed by atoms with Crippen molar-refractivity contribution in [1.29, 1.82) is 0 Å². The lowest BCUT2D eigenvalue weighted by molar-refractivity contribution is -0.123. The van der Waals surface area contributed by atoms with Crippen LogP contribution in [0, 0.1) is 6.92 Å². The van der Waals surface area contributed by atoms with E-state index in [0.29, 0.717) is 18.6 Å². The molecule has 1 fully saturated rings. The molecule has 162 valence electrons. The predicted octanol–water partition coefficient (Wildman–Crippen LogP) is 2.69. The highest BCUT2D eigenvalue weighted by molar-refractivity contribution is 7.19. The van der Waals surface area contributed by atoms with Crippen LogP contribution in [0.3, 0.4) is 0 Å². The number of aromatic nitrogens is 3. The number of aryl methyl sites for hydroxylation is 1. The maximum absolute atomic E-state index is 13.1. The molecule has 30 heavy (non-hydrogen) atoms. The summed E-state index contributed by atoms with van der Waals surface area (Å²) in [4.78, 5) is 29.0. The van der Waals surface area contributed by atoms with Gasteiger partial charge in [0, 0.05) is 29.9 Å². The number of carbonyl (C=O) groups is 1. The van der Waals surface area contributed by atoms with E-state index in [1.165, 1.54) is 9.56 Å². The SMILES string of the molecule is Cc1cc2c(cc3c(=O)n(CC(=O)NC4CCCN(CCF)C4)nc(C(C)C)n32)s1. The Morgan fingerprint density at radius 1 is 1.37 bits per heavy atom. The molecule has 3 aromatic heterocycles. The van der Waals surface area contributed by atoms with Gasteiger partial charge in [-0.05, 0) is 38.4 Å². The van der Waals surface area contributed by atoms with Crippen molar-refractivity contribution in [1.82, 2.24) is 24.4 Å². The van der Waals surface area contributed by atoms with Crippen LogP contribution in [0.1, 0.15) is 43.3 Å². The van der Waals surface area contributed by atoms with Crippen molar-refractivity contribution in [2.45, 2.75) is 52.1 Å². The van der Waals surface area contributed by atoms with E-state index in [1.807, 2.05) is 36.1 Å². The highest BCUT2D eigenvalue weighted by Crippen LogP contribution is 2.29. The molecule has 1 unspecified atom stereocenters. The normalized spacial score (nSPS) is 18.0. The van der Waals surface area contributed by atoms with Crippen molar-refractivity contribution in [3.63, 3.8) is 0 Å². The van der Waals surface area contributed by atoms with Gasteiger partial charge < -0.3 is 5.32 Å². The number of thiophene rings is 1. The second kappa shape index (κ2) is 8.47. The average molecular weight is 434 g/mol. The average Bonchev–Trinajstić information content (AvgIpc) is 3.21. The van der Waals surface area contributed by atoms with Crippen LogP contribution in [-0.2, 0) is 11.3 Å². The third kappa shape index (κ3) is 4.00. The maximum Gasteiger partial charge on any atom is 0.291 e. The Labute approximate surface area is 178 Å². The molecule has 1 aliphatic heterocycles. The monoisotopic (exact) mass is 433 g/mol. The minimum absolute atomic E-state index is 0.0246. The van der Waals surface area contributed by atoms with Crippen LogP contribution in [-0.4, -0.2) is 57.3 Å². The lowest BCUT2D eigenvalue weighted by Crippen LogP contribution is -2.49. The number of alkyl halides is 1. The molecule has 0 bridgehead atoms. The Bertz CT molecular complexity index is 1130. The number of rotatable bonds is 6. The molecule has 0 aliphatic carbocycles. The summed E-state index contributed by atoms with van der Waals surface area (Å²) in [7, 11) is 0. The molecule has 0 radical (unpaired) electrons. The highest BCUT2D eigenvalue weighted by Gasteiger charge is 2.23. The van der Waals surface area contributed by atoms with E-state index in [1.54, 1.807) is 11.3 Å². The number of piperidine rings is 1. The van der Waals surface area contributed by atoms with E-state index >= 15 is 0 Å². The molecule has 1 saturated heterocycles. The van der Waals surface area contributed by atoms with Gasteiger partial charge in [-0.2, -0.15) is 5.10 Å². The standard InChI is InChI=1S/C21H28FN5O2S/c1-13(2)20-24-26(12-19(28)23-15-5-4-7-25(11-15)8-6-22)21(29)17-10-18-16(27(17)20)9-14(3)30-18/h9-10,13,15H,4-8,11-12H2,1-3H3,(H,23,28). The summed E-state index contributed by atoms with van der Waals surface area (Å²) >= 11 is 1.65. The van der Waals surface area contributed by atoms with Gasteiger partial charge in [-0.3, -0.25) is 18.9 Å². The van der Waals surface area contributed by atoms with Gasteiger partial charge in [0.1, 0.15) is 24.6 Å². The van der Waals surface area contributed by atoms with E-state index in [4.69, 9.17) is 0 Å². The van der Waals surface area contributed by atoms with Crippen molar-refractivity contribution < 1.29 is 9.18 Å². The highest BCUT2D eigenvalue weighted by atomic mass is 32.1. The first-order valence-electron chi connectivity index (χ1n) is 10.5. The Hall–Kier alpha value is -2.26. The number of nitrogens with one attached hydrogen (secondary N) is 1. The van der Waals surface area contributed by atoms with Gasteiger partial charge in [-0.1, -0.05) is 13.8 Å². The Morgan fingerprint density at radius 3 is 2.90 bits per heavy atom. The minimum atomic E-state index is -0.383. The van der Waals surface area contributed by atoms with Gasteiger partial charge >= 0.3 is 0 Å². The molecule has 1 atom stereocenters. The van der Waals surface area contributed by atoms with Crippen LogP contribution in [0.5, 0.6) is 0 Å². The number of carbonyl (C=O) groups excluding carboxylic acids is 1. The largest absolute Gasteiger partial charge is 0.350 e. The number of amides is 1. The summed E-state index contributed by atoms with van der Waals surface area (Å²) in [6.45, 7) is 7.50. The minimum Gasteiger partial charge on any atom is -0.350 e. The van der Waals surface area contributed by atoms with Gasteiger partial charge in [0.05, 0.1) is 10.2 Å².